The first-order valence-electron chi connectivity index (χ1n) is 17.5. The van der Waals surface area contributed by atoms with Crippen molar-refractivity contribution in [1.82, 2.24) is 0 Å². The fraction of sp³-hybridized carbons (Fsp3) is 0.784. The van der Waals surface area contributed by atoms with Gasteiger partial charge in [-0.25, -0.2) is 9.59 Å². The van der Waals surface area contributed by atoms with Gasteiger partial charge in [0, 0.05) is 11.1 Å². The summed E-state index contributed by atoms with van der Waals surface area (Å²) >= 11 is 15.4. The number of rotatable bonds is 6. The second-order valence-corrected chi connectivity index (χ2v) is 18.9. The molecule has 0 spiro atoms. The number of carbonyl (C=O) groups excluding carboxylic acids is 2. The minimum Gasteiger partial charge on any atom is -0.454 e. The second-order valence-electron chi connectivity index (χ2n) is 16.3. The van der Waals surface area contributed by atoms with Crippen molar-refractivity contribution in [2.75, 3.05) is 13.2 Å². The SMILES string of the molecule is C/C=C(/C)C(=O)O[C@H]1[C@H](OC(=O)/C(C)=C\C)[C@@](C)(S)CC2C3=CCC4[C@@]5(C)CC[C@H](O)[C@](S)(CO)C5CC[C@@]4(C)[C@]3(S)[C@@H](O)[C@@H](O)[C@]21CO. The largest absolute Gasteiger partial charge is 0.454 e. The fourth-order valence-corrected chi connectivity index (χ4v) is 12.6. The summed E-state index contributed by atoms with van der Waals surface area (Å²) in [5, 5.41) is 58.0. The van der Waals surface area contributed by atoms with Gasteiger partial charge < -0.3 is 35.0 Å². The normalized spacial score (nSPS) is 49.8. The molecule has 5 N–H and O–H groups in total. The van der Waals surface area contributed by atoms with Crippen LogP contribution in [-0.4, -0.2) is 95.4 Å². The Kier molecular flexibility index (Phi) is 10.5. The average molecular weight is 741 g/mol. The van der Waals surface area contributed by atoms with Gasteiger partial charge in [0.25, 0.3) is 0 Å². The molecule has 4 saturated carbocycles. The van der Waals surface area contributed by atoms with E-state index in [2.05, 4.69) is 19.9 Å². The summed E-state index contributed by atoms with van der Waals surface area (Å²) in [6.45, 7) is 11.8. The molecule has 3 unspecified atom stereocenters. The molecule has 0 aliphatic heterocycles. The van der Waals surface area contributed by atoms with Crippen LogP contribution in [-0.2, 0) is 19.1 Å². The van der Waals surface area contributed by atoms with E-state index in [1.54, 1.807) is 46.8 Å². The summed E-state index contributed by atoms with van der Waals surface area (Å²) in [5.74, 6) is -2.17. The lowest BCUT2D eigenvalue weighted by atomic mass is 9.37. The zero-order valence-corrected chi connectivity index (χ0v) is 32.4. The number of esters is 2. The quantitative estimate of drug-likeness (QED) is 0.0874. The van der Waals surface area contributed by atoms with Crippen LogP contribution in [0.15, 0.2) is 34.9 Å². The summed E-state index contributed by atoms with van der Waals surface area (Å²) < 4.78 is 8.87. The third kappa shape index (κ3) is 5.30. The predicted molar refractivity (Wildman–Crippen MR) is 197 cm³/mol. The topological polar surface area (TPSA) is 154 Å². The highest BCUT2D eigenvalue weighted by molar-refractivity contribution is 7.82. The first-order valence-corrected chi connectivity index (χ1v) is 18.9. The number of carbonyl (C=O) groups is 2. The van der Waals surface area contributed by atoms with Crippen molar-refractivity contribution < 1.29 is 44.6 Å². The summed E-state index contributed by atoms with van der Waals surface area (Å²) in [5.41, 5.74) is -1.35. The van der Waals surface area contributed by atoms with Crippen molar-refractivity contribution in [3.8, 4) is 0 Å². The second kappa shape index (κ2) is 13.1. The monoisotopic (exact) mass is 740 g/mol. The molecule has 0 heterocycles. The van der Waals surface area contributed by atoms with Gasteiger partial charge in [-0.1, -0.05) is 37.6 Å². The van der Waals surface area contributed by atoms with E-state index in [0.717, 1.165) is 5.57 Å². The Morgan fingerprint density at radius 3 is 1.96 bits per heavy atom. The molecule has 0 bridgehead atoms. The predicted octanol–water partition coefficient (Wildman–Crippen LogP) is 4.02. The van der Waals surface area contributed by atoms with Gasteiger partial charge in [-0.05, 0) is 102 Å². The van der Waals surface area contributed by atoms with Crippen LogP contribution in [0.4, 0.5) is 0 Å². The van der Waals surface area contributed by atoms with Crippen LogP contribution in [0, 0.1) is 34.0 Å². The fourth-order valence-electron chi connectivity index (χ4n) is 11.0. The molecule has 9 nitrogen and oxygen atoms in total. The van der Waals surface area contributed by atoms with Crippen molar-refractivity contribution in [2.45, 2.75) is 132 Å². The number of aliphatic hydroxyl groups excluding tert-OH is 5. The van der Waals surface area contributed by atoms with E-state index in [1.807, 2.05) is 0 Å². The first kappa shape index (κ1) is 39.2. The number of thiol groups is 3. The molecule has 276 valence electrons. The van der Waals surface area contributed by atoms with Crippen LogP contribution >= 0.6 is 37.9 Å². The van der Waals surface area contributed by atoms with Gasteiger partial charge in [0.05, 0.1) is 51.2 Å². The number of aliphatic hydroxyl groups is 5. The van der Waals surface area contributed by atoms with Crippen molar-refractivity contribution in [3.05, 3.63) is 34.9 Å². The Morgan fingerprint density at radius 1 is 0.857 bits per heavy atom. The summed E-state index contributed by atoms with van der Waals surface area (Å²) in [7, 11) is 0. The van der Waals surface area contributed by atoms with Gasteiger partial charge in [-0.2, -0.15) is 37.9 Å². The Bertz CT molecular complexity index is 1450. The molecule has 0 saturated heterocycles. The number of fused-ring (bicyclic) bond motifs is 7. The number of allylic oxidation sites excluding steroid dienone is 3. The molecular formula is C37H56O9S3. The molecule has 0 aromatic carbocycles. The van der Waals surface area contributed by atoms with Crippen molar-refractivity contribution in [1.29, 1.82) is 0 Å². The molecule has 14 atom stereocenters. The third-order valence-electron chi connectivity index (χ3n) is 14.2. The smallest absolute Gasteiger partial charge is 0.333 e. The van der Waals surface area contributed by atoms with E-state index in [1.165, 1.54) is 0 Å². The van der Waals surface area contributed by atoms with Crippen molar-refractivity contribution in [2.24, 2.45) is 34.0 Å². The van der Waals surface area contributed by atoms with E-state index in [9.17, 15) is 35.1 Å². The molecular weight excluding hydrogens is 685 g/mol. The molecule has 0 amide bonds. The van der Waals surface area contributed by atoms with Crippen molar-refractivity contribution >= 4 is 49.8 Å². The van der Waals surface area contributed by atoms with E-state index in [4.69, 9.17) is 47.4 Å². The van der Waals surface area contributed by atoms with Gasteiger partial charge in [-0.15, -0.1) is 0 Å². The lowest BCUT2D eigenvalue weighted by Gasteiger charge is -2.72. The van der Waals surface area contributed by atoms with Gasteiger partial charge in [0.15, 0.2) is 12.2 Å². The van der Waals surface area contributed by atoms with Crippen LogP contribution in [0.25, 0.3) is 0 Å². The molecule has 5 aliphatic rings. The van der Waals surface area contributed by atoms with Crippen LogP contribution in [0.1, 0.15) is 87.0 Å². The Labute approximate surface area is 307 Å². The van der Waals surface area contributed by atoms with E-state index >= 15 is 0 Å². The molecule has 5 aliphatic carbocycles. The van der Waals surface area contributed by atoms with Crippen LogP contribution in [0.2, 0.25) is 0 Å². The maximum Gasteiger partial charge on any atom is 0.333 e. The standard InChI is InChI=1S/C37H56O9S3/c1-8-19(3)30(43)45-28-29(46-31(44)20(4)9-2)35(17-38)22(16-34(28,7)47)21-10-11-23-32(5)14-13-25(40)36(48,18-39)24(32)12-15-33(23,6)37(21,49)27(42)26(35)41/h8-10,22-29,38-42,47-49H,11-18H2,1-7H3/b19-8-,20-9-/t22?,23?,24?,25-,26+,27-,28-,29-,32+,33+,34-,35-,36-,37+/m0/s1. The van der Waals surface area contributed by atoms with Crippen molar-refractivity contribution in [3.63, 3.8) is 0 Å². The van der Waals surface area contributed by atoms with Gasteiger partial charge in [0.2, 0.25) is 0 Å². The van der Waals surface area contributed by atoms with Gasteiger partial charge >= 0.3 is 11.9 Å². The zero-order chi connectivity index (χ0) is 36.7. The van der Waals surface area contributed by atoms with Gasteiger partial charge in [0.1, 0.15) is 0 Å². The molecule has 5 rings (SSSR count). The van der Waals surface area contributed by atoms with Crippen LogP contribution < -0.4 is 0 Å². The highest BCUT2D eigenvalue weighted by Gasteiger charge is 2.77. The van der Waals surface area contributed by atoms with Crippen LogP contribution in [0.3, 0.4) is 0 Å². The van der Waals surface area contributed by atoms with E-state index in [0.29, 0.717) is 37.7 Å². The maximum absolute atomic E-state index is 13.5. The first-order chi connectivity index (χ1) is 22.7. The highest BCUT2D eigenvalue weighted by Crippen LogP contribution is 2.74. The van der Waals surface area contributed by atoms with Gasteiger partial charge in [-0.3, -0.25) is 0 Å². The zero-order valence-electron chi connectivity index (χ0n) is 29.7. The molecule has 0 radical (unpaired) electrons. The third-order valence-corrected chi connectivity index (χ3v) is 16.4. The molecule has 4 fully saturated rings. The lowest BCUT2D eigenvalue weighted by molar-refractivity contribution is -0.254. The Morgan fingerprint density at radius 2 is 1.43 bits per heavy atom. The minimum absolute atomic E-state index is 0.0523. The van der Waals surface area contributed by atoms with E-state index < -0.39 is 80.1 Å². The maximum atomic E-state index is 13.5. The molecule has 0 aromatic heterocycles. The number of ether oxygens (including phenoxy) is 2. The molecule has 12 heteroatoms. The summed E-state index contributed by atoms with van der Waals surface area (Å²) in [6.07, 6.45) is 1.97. The molecule has 0 aromatic rings. The summed E-state index contributed by atoms with van der Waals surface area (Å²) in [6, 6.07) is 0. The van der Waals surface area contributed by atoms with Crippen LogP contribution in [0.5, 0.6) is 0 Å². The Balaban J connectivity index is 1.69. The average Bonchev–Trinajstić information content (AvgIpc) is 3.06. The van der Waals surface area contributed by atoms with E-state index in [-0.39, 0.29) is 35.9 Å². The summed E-state index contributed by atoms with van der Waals surface area (Å²) in [4.78, 5) is 26.7. The molecule has 49 heavy (non-hydrogen) atoms. The number of hydrogen-bond acceptors (Lipinski definition) is 12. The Hall–Kier alpha value is -0.990. The number of hydrogen-bond donors (Lipinski definition) is 8. The highest BCUT2D eigenvalue weighted by atomic mass is 32.1. The minimum atomic E-state index is -1.67. The lowest BCUT2D eigenvalue weighted by Crippen LogP contribution is -2.79.